The summed E-state index contributed by atoms with van der Waals surface area (Å²) in [5, 5.41) is 0. The van der Waals surface area contributed by atoms with Gasteiger partial charge in [-0.15, -0.1) is 0 Å². The quantitative estimate of drug-likeness (QED) is 0.286. The molecule has 0 radical (unpaired) electrons. The van der Waals surface area contributed by atoms with Crippen molar-refractivity contribution >= 4 is 12.2 Å². The predicted octanol–water partition coefficient (Wildman–Crippen LogP) is 5.45. The summed E-state index contributed by atoms with van der Waals surface area (Å²) in [6.07, 6.45) is 10.3. The summed E-state index contributed by atoms with van der Waals surface area (Å²) in [6, 6.07) is 10.3. The summed E-state index contributed by atoms with van der Waals surface area (Å²) in [7, 11) is 0. The van der Waals surface area contributed by atoms with E-state index in [1.807, 2.05) is 0 Å². The average Bonchev–Trinajstić information content (AvgIpc) is 3.36. The van der Waals surface area contributed by atoms with Gasteiger partial charge in [-0.1, -0.05) is 0 Å². The Balaban J connectivity index is 0.00000267. The summed E-state index contributed by atoms with van der Waals surface area (Å²) in [6.45, 7) is 23.8. The van der Waals surface area contributed by atoms with Gasteiger partial charge >= 0.3 is 241 Å². The van der Waals surface area contributed by atoms with Crippen molar-refractivity contribution in [2.45, 2.75) is 126 Å². The molecule has 2 aliphatic rings. The van der Waals surface area contributed by atoms with Crippen LogP contribution in [0.25, 0.3) is 12.2 Å². The number of hydrogen-bond acceptors (Lipinski definition) is 0. The van der Waals surface area contributed by atoms with E-state index in [0.29, 0.717) is 23.7 Å². The first kappa shape index (κ1) is 34.6. The van der Waals surface area contributed by atoms with Crippen LogP contribution in [0.3, 0.4) is 0 Å². The van der Waals surface area contributed by atoms with E-state index < -0.39 is 22.9 Å². The van der Waals surface area contributed by atoms with E-state index in [1.165, 1.54) is 25.7 Å². The van der Waals surface area contributed by atoms with Gasteiger partial charge in [0.05, 0.1) is 0 Å². The smallest absolute Gasteiger partial charge is 1.00 e. The molecule has 0 aromatic heterocycles. The fourth-order valence-electron chi connectivity index (χ4n) is 6.39. The average molecular weight is 732 g/mol. The molecule has 0 heterocycles. The molecule has 212 valence electrons. The Kier molecular flexibility index (Phi) is 12.9. The minimum atomic E-state index is -1.17. The van der Waals surface area contributed by atoms with Crippen LogP contribution in [-0.2, 0) is 22.9 Å². The third kappa shape index (κ3) is 7.06. The molecule has 2 atom stereocenters. The Morgan fingerprint density at radius 3 is 1.21 bits per heavy atom. The van der Waals surface area contributed by atoms with Crippen molar-refractivity contribution in [2.75, 3.05) is 0 Å². The van der Waals surface area contributed by atoms with E-state index in [4.69, 9.17) is 0 Å². The van der Waals surface area contributed by atoms with Gasteiger partial charge in [0.2, 0.25) is 0 Å². The minimum Gasteiger partial charge on any atom is -1.00 e. The molecule has 3 heteroatoms. The Morgan fingerprint density at radius 2 is 0.923 bits per heavy atom. The van der Waals surface area contributed by atoms with E-state index in [9.17, 15) is 0 Å². The summed E-state index contributed by atoms with van der Waals surface area (Å²) < 4.78 is 1.46. The molecule has 2 aromatic carbocycles. The van der Waals surface area contributed by atoms with E-state index >= 15 is 0 Å². The first-order valence-corrected chi connectivity index (χ1v) is 19.2. The Labute approximate surface area is 264 Å². The van der Waals surface area contributed by atoms with Gasteiger partial charge in [0, 0.05) is 0 Å². The molecule has 0 fully saturated rings. The van der Waals surface area contributed by atoms with Gasteiger partial charge in [-0.3, -0.25) is 0 Å². The van der Waals surface area contributed by atoms with Crippen molar-refractivity contribution in [1.29, 1.82) is 0 Å². The van der Waals surface area contributed by atoms with Crippen molar-refractivity contribution in [3.05, 3.63) is 79.9 Å². The van der Waals surface area contributed by atoms with Gasteiger partial charge in [0.15, 0.2) is 0 Å². The number of allylic oxidation sites excluding steroid dienone is 2. The van der Waals surface area contributed by atoms with Gasteiger partial charge in [-0.25, -0.2) is 0 Å². The van der Waals surface area contributed by atoms with E-state index in [1.54, 1.807) is 55.7 Å². The number of hydrogen-bond donors (Lipinski definition) is 0. The second-order valence-electron chi connectivity index (χ2n) is 12.8. The Bertz CT molecular complexity index is 1110. The molecule has 2 unspecified atom stereocenters. The van der Waals surface area contributed by atoms with Gasteiger partial charge < -0.3 is 24.8 Å². The number of halogens is 2. The standard InChI is InChI=1S/2C18H25.2ClH.Hf/c2*1-6-7-14-8-16-10-15(12(2)3)11-17(13(4)5)18(16)9-14;;;/h2*8-13H,6-7H2,1-5H3;2*1H;/q;;;;+2/p-2. The second kappa shape index (κ2) is 14.5. The summed E-state index contributed by atoms with van der Waals surface area (Å²) in [5.41, 5.74) is 16.4. The third-order valence-electron chi connectivity index (χ3n) is 8.54. The molecule has 39 heavy (non-hydrogen) atoms. The zero-order chi connectivity index (χ0) is 27.0. The molecular weight excluding hydrogens is 682 g/mol. The molecule has 0 aliphatic heterocycles. The molecule has 0 N–H and O–H groups in total. The van der Waals surface area contributed by atoms with E-state index in [2.05, 4.69) is 106 Å². The summed E-state index contributed by atoms with van der Waals surface area (Å²) in [4.78, 5) is 0. The van der Waals surface area contributed by atoms with Crippen LogP contribution in [0.2, 0.25) is 0 Å². The molecule has 0 saturated heterocycles. The molecular formula is C36H50Cl2Hf. The van der Waals surface area contributed by atoms with Crippen LogP contribution in [0.1, 0.15) is 170 Å². The maximum Gasteiger partial charge on any atom is -1.00 e. The van der Waals surface area contributed by atoms with Crippen LogP contribution in [0, 0.1) is 0 Å². The number of fused-ring (bicyclic) bond motifs is 2. The fourth-order valence-corrected chi connectivity index (χ4v) is 13.8. The fraction of sp³-hybridized carbons (Fsp3) is 0.556. The van der Waals surface area contributed by atoms with Crippen LogP contribution in [0.5, 0.6) is 0 Å². The molecule has 4 rings (SSSR count). The molecule has 0 nitrogen and oxygen atoms in total. The maximum absolute atomic E-state index is 2.65. The molecule has 0 bridgehead atoms. The Hall–Kier alpha value is -0.630. The van der Waals surface area contributed by atoms with Crippen LogP contribution in [0.15, 0.2) is 35.4 Å². The van der Waals surface area contributed by atoms with Crippen molar-refractivity contribution in [1.82, 2.24) is 0 Å². The molecule has 2 aliphatic carbocycles. The van der Waals surface area contributed by atoms with Crippen LogP contribution >= 0.6 is 0 Å². The largest absolute Gasteiger partial charge is 1.00 e. The SMILES string of the molecule is CCCC1=Cc2c(C(C)C)cc(C(C)C)cc2[CH]1[Hf+2][CH]1C(CCC)=Cc2c(C(C)C)cc(C(C)C)cc21.[Cl-].[Cl-]. The van der Waals surface area contributed by atoms with Crippen molar-refractivity contribution in [3.63, 3.8) is 0 Å². The predicted molar refractivity (Wildman–Crippen MR) is 160 cm³/mol. The maximum atomic E-state index is 2.65. The van der Waals surface area contributed by atoms with Crippen LogP contribution in [0.4, 0.5) is 0 Å². The number of rotatable bonds is 10. The van der Waals surface area contributed by atoms with Gasteiger partial charge in [-0.2, -0.15) is 0 Å². The van der Waals surface area contributed by atoms with Gasteiger partial charge in [0.25, 0.3) is 0 Å². The molecule has 0 spiro atoms. The van der Waals surface area contributed by atoms with Crippen LogP contribution in [-0.4, -0.2) is 0 Å². The van der Waals surface area contributed by atoms with Gasteiger partial charge in [0.1, 0.15) is 0 Å². The molecule has 2 aromatic rings. The van der Waals surface area contributed by atoms with Crippen LogP contribution < -0.4 is 24.8 Å². The first-order chi connectivity index (χ1) is 17.6. The number of benzene rings is 2. The second-order valence-corrected chi connectivity index (χ2v) is 18.2. The molecule has 0 saturated carbocycles. The minimum absolute atomic E-state index is 0. The van der Waals surface area contributed by atoms with E-state index in [-0.39, 0.29) is 24.8 Å². The normalized spacial score (nSPS) is 17.6. The molecule has 0 amide bonds. The summed E-state index contributed by atoms with van der Waals surface area (Å²) in [5.74, 6) is 2.31. The summed E-state index contributed by atoms with van der Waals surface area (Å²) >= 11 is -1.17. The monoisotopic (exact) mass is 732 g/mol. The zero-order valence-corrected chi connectivity index (χ0v) is 31.1. The zero-order valence-electron chi connectivity index (χ0n) is 26.0. The van der Waals surface area contributed by atoms with Crippen molar-refractivity contribution in [2.24, 2.45) is 0 Å². The van der Waals surface area contributed by atoms with Gasteiger partial charge in [-0.05, 0) is 0 Å². The Morgan fingerprint density at radius 1 is 0.564 bits per heavy atom. The first-order valence-electron chi connectivity index (χ1n) is 15.1. The van der Waals surface area contributed by atoms with E-state index in [0.717, 1.165) is 7.35 Å². The van der Waals surface area contributed by atoms with Crippen molar-refractivity contribution in [3.8, 4) is 0 Å². The topological polar surface area (TPSA) is 0 Å². The van der Waals surface area contributed by atoms with Crippen molar-refractivity contribution < 1.29 is 47.7 Å². The third-order valence-corrected chi connectivity index (χ3v) is 15.8.